The lowest BCUT2D eigenvalue weighted by Crippen LogP contribution is -2.18. The summed E-state index contributed by atoms with van der Waals surface area (Å²) in [5, 5.41) is 3.17. The first kappa shape index (κ1) is 10.9. The van der Waals surface area contributed by atoms with Gasteiger partial charge in [0.25, 0.3) is 0 Å². The molecular formula is C10H17N3O. The third-order valence-electron chi connectivity index (χ3n) is 2.03. The minimum atomic E-state index is 0.186. The average molecular weight is 195 g/mol. The van der Waals surface area contributed by atoms with Gasteiger partial charge in [-0.2, -0.15) is 0 Å². The molecule has 4 nitrogen and oxygen atoms in total. The van der Waals surface area contributed by atoms with E-state index in [4.69, 9.17) is 10.5 Å². The smallest absolute Gasteiger partial charge is 0.125 e. The van der Waals surface area contributed by atoms with Crippen LogP contribution in [-0.2, 0) is 11.3 Å². The Hall–Kier alpha value is -1.13. The number of anilines is 1. The van der Waals surface area contributed by atoms with Crippen LogP contribution in [-0.4, -0.2) is 24.7 Å². The molecule has 0 radical (unpaired) electrons. The van der Waals surface area contributed by atoms with Crippen LogP contribution in [0.25, 0.3) is 0 Å². The van der Waals surface area contributed by atoms with Gasteiger partial charge in [0, 0.05) is 26.4 Å². The van der Waals surface area contributed by atoms with E-state index in [0.29, 0.717) is 6.54 Å². The summed E-state index contributed by atoms with van der Waals surface area (Å²) in [5.74, 6) is 0.853. The molecule has 1 aromatic heterocycles. The molecule has 1 aromatic rings. The van der Waals surface area contributed by atoms with Gasteiger partial charge in [-0.25, -0.2) is 4.98 Å². The molecule has 1 heterocycles. The Morgan fingerprint density at radius 1 is 1.57 bits per heavy atom. The number of nitrogens with two attached hydrogens (primary N) is 1. The van der Waals surface area contributed by atoms with E-state index in [0.717, 1.165) is 17.9 Å². The highest BCUT2D eigenvalue weighted by Crippen LogP contribution is 2.04. The fourth-order valence-corrected chi connectivity index (χ4v) is 0.981. The Morgan fingerprint density at radius 2 is 2.36 bits per heavy atom. The largest absolute Gasteiger partial charge is 0.380 e. The van der Waals surface area contributed by atoms with Crippen LogP contribution < -0.4 is 11.1 Å². The molecule has 1 rings (SSSR count). The van der Waals surface area contributed by atoms with E-state index in [1.807, 2.05) is 19.1 Å². The molecule has 0 fully saturated rings. The van der Waals surface area contributed by atoms with E-state index < -0.39 is 0 Å². The van der Waals surface area contributed by atoms with Crippen LogP contribution in [0.3, 0.4) is 0 Å². The van der Waals surface area contributed by atoms with Gasteiger partial charge < -0.3 is 15.8 Å². The van der Waals surface area contributed by atoms with Crippen LogP contribution in [0.1, 0.15) is 12.5 Å². The van der Waals surface area contributed by atoms with Crippen molar-refractivity contribution in [3.8, 4) is 0 Å². The van der Waals surface area contributed by atoms with E-state index >= 15 is 0 Å². The molecule has 0 bridgehead atoms. The molecule has 0 aliphatic heterocycles. The summed E-state index contributed by atoms with van der Waals surface area (Å²) >= 11 is 0. The standard InChI is InChI=1S/C10H17N3O/c1-8(14-2)6-12-10-4-3-9(5-11)7-13-10/h3-4,7-8H,5-6,11H2,1-2H3,(H,12,13). The summed E-state index contributed by atoms with van der Waals surface area (Å²) in [5.41, 5.74) is 6.50. The first-order valence-corrected chi connectivity index (χ1v) is 4.68. The number of hydrogen-bond acceptors (Lipinski definition) is 4. The number of rotatable bonds is 5. The van der Waals surface area contributed by atoms with Gasteiger partial charge >= 0.3 is 0 Å². The third kappa shape index (κ3) is 3.32. The van der Waals surface area contributed by atoms with Gasteiger partial charge in [0.1, 0.15) is 5.82 Å². The molecule has 78 valence electrons. The molecular weight excluding hydrogens is 178 g/mol. The quantitative estimate of drug-likeness (QED) is 0.735. The monoisotopic (exact) mass is 195 g/mol. The van der Waals surface area contributed by atoms with Crippen LogP contribution in [0.2, 0.25) is 0 Å². The summed E-state index contributed by atoms with van der Waals surface area (Å²) in [6.45, 7) is 3.29. The lowest BCUT2D eigenvalue weighted by atomic mass is 10.3. The molecule has 4 heteroatoms. The highest BCUT2D eigenvalue weighted by atomic mass is 16.5. The number of nitrogens with zero attached hydrogens (tertiary/aromatic N) is 1. The van der Waals surface area contributed by atoms with Crippen molar-refractivity contribution in [2.24, 2.45) is 5.73 Å². The van der Waals surface area contributed by atoms with Crippen molar-refractivity contribution in [3.05, 3.63) is 23.9 Å². The minimum Gasteiger partial charge on any atom is -0.380 e. The van der Waals surface area contributed by atoms with Gasteiger partial charge in [0.2, 0.25) is 0 Å². The second-order valence-electron chi connectivity index (χ2n) is 3.18. The Bertz CT molecular complexity index is 261. The molecule has 14 heavy (non-hydrogen) atoms. The topological polar surface area (TPSA) is 60.2 Å². The number of aromatic nitrogens is 1. The van der Waals surface area contributed by atoms with Gasteiger partial charge in [-0.3, -0.25) is 0 Å². The zero-order valence-corrected chi connectivity index (χ0v) is 8.66. The maximum absolute atomic E-state index is 5.46. The number of ether oxygens (including phenoxy) is 1. The van der Waals surface area contributed by atoms with Crippen LogP contribution in [0.15, 0.2) is 18.3 Å². The number of hydrogen-bond donors (Lipinski definition) is 2. The summed E-state index contributed by atoms with van der Waals surface area (Å²) in [4.78, 5) is 4.21. The molecule has 0 aliphatic rings. The highest BCUT2D eigenvalue weighted by Gasteiger charge is 1.99. The van der Waals surface area contributed by atoms with Crippen molar-refractivity contribution in [1.29, 1.82) is 0 Å². The van der Waals surface area contributed by atoms with E-state index in [-0.39, 0.29) is 6.10 Å². The first-order chi connectivity index (χ1) is 6.76. The zero-order chi connectivity index (χ0) is 10.4. The SMILES string of the molecule is COC(C)CNc1ccc(CN)cn1. The van der Waals surface area contributed by atoms with E-state index in [1.165, 1.54) is 0 Å². The van der Waals surface area contributed by atoms with Crippen molar-refractivity contribution in [3.63, 3.8) is 0 Å². The van der Waals surface area contributed by atoms with Crippen molar-refractivity contribution >= 4 is 5.82 Å². The second kappa shape index (κ2) is 5.57. The van der Waals surface area contributed by atoms with Crippen molar-refractivity contribution in [2.75, 3.05) is 19.0 Å². The van der Waals surface area contributed by atoms with Crippen molar-refractivity contribution in [1.82, 2.24) is 4.98 Å². The summed E-state index contributed by atoms with van der Waals surface area (Å²) in [7, 11) is 1.69. The molecule has 1 unspecified atom stereocenters. The average Bonchev–Trinajstić information content (AvgIpc) is 2.26. The Labute approximate surface area is 84.5 Å². The van der Waals surface area contributed by atoms with Gasteiger partial charge in [0.15, 0.2) is 0 Å². The fraction of sp³-hybridized carbons (Fsp3) is 0.500. The second-order valence-corrected chi connectivity index (χ2v) is 3.18. The Balaban J connectivity index is 2.43. The van der Waals surface area contributed by atoms with E-state index in [9.17, 15) is 0 Å². The van der Waals surface area contributed by atoms with Crippen LogP contribution >= 0.6 is 0 Å². The zero-order valence-electron chi connectivity index (χ0n) is 8.66. The normalized spacial score (nSPS) is 12.5. The summed E-state index contributed by atoms with van der Waals surface area (Å²) in [6.07, 6.45) is 1.96. The predicted octanol–water partition coefficient (Wildman–Crippen LogP) is 0.987. The first-order valence-electron chi connectivity index (χ1n) is 4.68. The number of nitrogens with one attached hydrogen (secondary N) is 1. The Kier molecular flexibility index (Phi) is 4.35. The summed E-state index contributed by atoms with van der Waals surface area (Å²) in [6, 6.07) is 3.89. The molecule has 0 saturated carbocycles. The van der Waals surface area contributed by atoms with Crippen molar-refractivity contribution in [2.45, 2.75) is 19.6 Å². The van der Waals surface area contributed by atoms with E-state index in [1.54, 1.807) is 13.3 Å². The molecule has 0 amide bonds. The molecule has 0 aromatic carbocycles. The van der Waals surface area contributed by atoms with Gasteiger partial charge in [-0.05, 0) is 18.6 Å². The van der Waals surface area contributed by atoms with Crippen molar-refractivity contribution < 1.29 is 4.74 Å². The molecule has 0 aliphatic carbocycles. The predicted molar refractivity (Wildman–Crippen MR) is 57.1 cm³/mol. The third-order valence-corrected chi connectivity index (χ3v) is 2.03. The maximum atomic E-state index is 5.46. The lowest BCUT2D eigenvalue weighted by molar-refractivity contribution is 0.128. The van der Waals surface area contributed by atoms with Gasteiger partial charge in [-0.15, -0.1) is 0 Å². The molecule has 0 spiro atoms. The summed E-state index contributed by atoms with van der Waals surface area (Å²) < 4.78 is 5.11. The Morgan fingerprint density at radius 3 is 2.86 bits per heavy atom. The van der Waals surface area contributed by atoms with Gasteiger partial charge in [0.05, 0.1) is 6.10 Å². The van der Waals surface area contributed by atoms with Gasteiger partial charge in [-0.1, -0.05) is 6.07 Å². The van der Waals surface area contributed by atoms with Crippen LogP contribution in [0.5, 0.6) is 0 Å². The van der Waals surface area contributed by atoms with Crippen LogP contribution in [0, 0.1) is 0 Å². The minimum absolute atomic E-state index is 0.186. The molecule has 1 atom stereocenters. The fourth-order valence-electron chi connectivity index (χ4n) is 0.981. The molecule has 3 N–H and O–H groups in total. The highest BCUT2D eigenvalue weighted by molar-refractivity contribution is 5.35. The lowest BCUT2D eigenvalue weighted by Gasteiger charge is -2.11. The van der Waals surface area contributed by atoms with Crippen LogP contribution in [0.4, 0.5) is 5.82 Å². The maximum Gasteiger partial charge on any atom is 0.125 e. The number of methoxy groups -OCH3 is 1. The van der Waals surface area contributed by atoms with E-state index in [2.05, 4.69) is 10.3 Å². The number of pyridine rings is 1. The molecule has 0 saturated heterocycles.